The number of rotatable bonds is 2. The predicted octanol–water partition coefficient (Wildman–Crippen LogP) is 3.25. The summed E-state index contributed by atoms with van der Waals surface area (Å²) >= 11 is 0. The number of hydrogen-bond acceptors (Lipinski definition) is 2. The summed E-state index contributed by atoms with van der Waals surface area (Å²) < 4.78 is 11.4. The molecular weight excluding hydrogens is 200 g/mol. The van der Waals surface area contributed by atoms with Gasteiger partial charge in [0.25, 0.3) is 0 Å². The molecule has 1 aliphatic rings. The minimum atomic E-state index is -0.0513. The zero-order chi connectivity index (χ0) is 11.8. The van der Waals surface area contributed by atoms with Crippen molar-refractivity contribution in [3.05, 3.63) is 28.8 Å². The van der Waals surface area contributed by atoms with Crippen LogP contribution in [0.4, 0.5) is 0 Å². The van der Waals surface area contributed by atoms with Crippen LogP contribution in [0.25, 0.3) is 0 Å². The van der Waals surface area contributed by atoms with Crippen molar-refractivity contribution in [2.45, 2.75) is 46.3 Å². The average Bonchev–Trinajstić information content (AvgIpc) is 2.15. The van der Waals surface area contributed by atoms with E-state index < -0.39 is 0 Å². The number of ether oxygens (including phenoxy) is 2. The van der Waals surface area contributed by atoms with Gasteiger partial charge in [0.2, 0.25) is 0 Å². The molecule has 0 amide bonds. The Hall–Kier alpha value is -1.02. The maximum atomic E-state index is 5.83. The largest absolute Gasteiger partial charge is 0.494 e. The second-order valence-corrected chi connectivity index (χ2v) is 5.04. The molecule has 0 bridgehead atoms. The highest BCUT2D eigenvalue weighted by atomic mass is 16.5. The molecule has 0 aliphatic carbocycles. The van der Waals surface area contributed by atoms with Crippen molar-refractivity contribution in [2.24, 2.45) is 0 Å². The lowest BCUT2D eigenvalue weighted by Crippen LogP contribution is -2.32. The van der Waals surface area contributed by atoms with Crippen molar-refractivity contribution in [3.8, 4) is 5.75 Å². The van der Waals surface area contributed by atoms with Gasteiger partial charge in [-0.2, -0.15) is 0 Å². The molecular formula is C14H20O2. The van der Waals surface area contributed by atoms with Gasteiger partial charge in [0.1, 0.15) is 5.75 Å². The normalized spacial score (nSPS) is 18.0. The summed E-state index contributed by atoms with van der Waals surface area (Å²) in [4.78, 5) is 0. The molecule has 0 atom stereocenters. The maximum absolute atomic E-state index is 5.83. The van der Waals surface area contributed by atoms with Gasteiger partial charge >= 0.3 is 0 Å². The number of aryl methyl sites for hydroxylation is 1. The zero-order valence-electron chi connectivity index (χ0n) is 10.6. The van der Waals surface area contributed by atoms with E-state index in [1.54, 1.807) is 0 Å². The van der Waals surface area contributed by atoms with E-state index in [4.69, 9.17) is 9.47 Å². The average molecular weight is 220 g/mol. The van der Waals surface area contributed by atoms with E-state index in [1.807, 2.05) is 6.92 Å². The maximum Gasteiger partial charge on any atom is 0.119 e. The van der Waals surface area contributed by atoms with Crippen LogP contribution in [0.3, 0.4) is 0 Å². The Morgan fingerprint density at radius 1 is 1.38 bits per heavy atom. The second-order valence-electron chi connectivity index (χ2n) is 5.04. The lowest BCUT2D eigenvalue weighted by atomic mass is 9.89. The van der Waals surface area contributed by atoms with Gasteiger partial charge in [-0.15, -0.1) is 0 Å². The summed E-state index contributed by atoms with van der Waals surface area (Å²) in [7, 11) is 0. The summed E-state index contributed by atoms with van der Waals surface area (Å²) in [6.07, 6.45) is 0.962. The fraction of sp³-hybridized carbons (Fsp3) is 0.571. The van der Waals surface area contributed by atoms with Crippen LogP contribution in [0.2, 0.25) is 0 Å². The lowest BCUT2D eigenvalue weighted by molar-refractivity contribution is -0.0403. The summed E-state index contributed by atoms with van der Waals surface area (Å²) in [5.41, 5.74) is 3.93. The molecule has 0 spiro atoms. The van der Waals surface area contributed by atoms with Gasteiger partial charge in [0.05, 0.1) is 18.8 Å². The van der Waals surface area contributed by atoms with Crippen LogP contribution in [-0.4, -0.2) is 12.2 Å². The second kappa shape index (κ2) is 4.10. The Labute approximate surface area is 97.6 Å². The van der Waals surface area contributed by atoms with Crippen LogP contribution in [0.1, 0.15) is 37.5 Å². The molecule has 2 heteroatoms. The first-order valence-electron chi connectivity index (χ1n) is 5.91. The third-order valence-corrected chi connectivity index (χ3v) is 3.07. The molecule has 0 fully saturated rings. The van der Waals surface area contributed by atoms with Gasteiger partial charge in [0, 0.05) is 6.42 Å². The molecule has 0 aromatic heterocycles. The fourth-order valence-electron chi connectivity index (χ4n) is 2.25. The molecule has 16 heavy (non-hydrogen) atoms. The first-order valence-corrected chi connectivity index (χ1v) is 5.91. The van der Waals surface area contributed by atoms with Gasteiger partial charge in [-0.1, -0.05) is 0 Å². The monoisotopic (exact) mass is 220 g/mol. The molecule has 0 N–H and O–H groups in total. The molecule has 0 saturated heterocycles. The first kappa shape index (κ1) is 11.5. The fourth-order valence-corrected chi connectivity index (χ4v) is 2.25. The number of hydrogen-bond donors (Lipinski definition) is 0. The smallest absolute Gasteiger partial charge is 0.119 e. The van der Waals surface area contributed by atoms with Gasteiger partial charge in [-0.05, 0) is 56.5 Å². The van der Waals surface area contributed by atoms with E-state index in [2.05, 4.69) is 32.9 Å². The van der Waals surface area contributed by atoms with Crippen molar-refractivity contribution in [1.82, 2.24) is 0 Å². The van der Waals surface area contributed by atoms with Gasteiger partial charge in [-0.25, -0.2) is 0 Å². The van der Waals surface area contributed by atoms with E-state index in [9.17, 15) is 0 Å². The van der Waals surface area contributed by atoms with E-state index >= 15 is 0 Å². The topological polar surface area (TPSA) is 18.5 Å². The van der Waals surface area contributed by atoms with Crippen molar-refractivity contribution < 1.29 is 9.47 Å². The van der Waals surface area contributed by atoms with E-state index in [0.717, 1.165) is 25.4 Å². The van der Waals surface area contributed by atoms with Crippen LogP contribution in [-0.2, 0) is 17.8 Å². The minimum Gasteiger partial charge on any atom is -0.494 e. The number of fused-ring (bicyclic) bond motifs is 1. The molecule has 0 radical (unpaired) electrons. The van der Waals surface area contributed by atoms with Crippen LogP contribution < -0.4 is 4.74 Å². The molecule has 1 aliphatic heterocycles. The summed E-state index contributed by atoms with van der Waals surface area (Å²) in [5, 5.41) is 0. The Bertz CT molecular complexity index is 394. The van der Waals surface area contributed by atoms with Crippen molar-refractivity contribution in [3.63, 3.8) is 0 Å². The Morgan fingerprint density at radius 2 is 2.12 bits per heavy atom. The van der Waals surface area contributed by atoms with E-state index in [0.29, 0.717) is 0 Å². The molecule has 1 aromatic rings. The van der Waals surface area contributed by atoms with Crippen LogP contribution in [0, 0.1) is 6.92 Å². The summed E-state index contributed by atoms with van der Waals surface area (Å²) in [6, 6.07) is 4.26. The van der Waals surface area contributed by atoms with Crippen LogP contribution in [0.5, 0.6) is 5.75 Å². The molecule has 2 rings (SSSR count). The van der Waals surface area contributed by atoms with Crippen molar-refractivity contribution in [1.29, 1.82) is 0 Å². The molecule has 1 aromatic carbocycles. The predicted molar refractivity (Wildman–Crippen MR) is 64.9 cm³/mol. The molecule has 1 heterocycles. The van der Waals surface area contributed by atoms with Crippen LogP contribution >= 0.6 is 0 Å². The highest BCUT2D eigenvalue weighted by Gasteiger charge is 2.27. The highest BCUT2D eigenvalue weighted by Crippen LogP contribution is 2.32. The van der Waals surface area contributed by atoms with Crippen molar-refractivity contribution >= 4 is 0 Å². The lowest BCUT2D eigenvalue weighted by Gasteiger charge is -2.33. The summed E-state index contributed by atoms with van der Waals surface area (Å²) in [5.74, 6) is 0.983. The SMILES string of the molecule is CCOc1cc(C)c2c(c1)CC(C)(C)OC2. The van der Waals surface area contributed by atoms with E-state index in [1.165, 1.54) is 16.7 Å². The number of benzene rings is 1. The first-order chi connectivity index (χ1) is 7.52. The third-order valence-electron chi connectivity index (χ3n) is 3.07. The standard InChI is InChI=1S/C14H20O2/c1-5-15-12-6-10(2)13-9-16-14(3,4)8-11(13)7-12/h6-7H,5,8-9H2,1-4H3. The van der Waals surface area contributed by atoms with Crippen LogP contribution in [0.15, 0.2) is 12.1 Å². The molecule has 2 nitrogen and oxygen atoms in total. The Kier molecular flexibility index (Phi) is 2.94. The quantitative estimate of drug-likeness (QED) is 0.761. The molecule has 0 saturated carbocycles. The minimum absolute atomic E-state index is 0.0513. The van der Waals surface area contributed by atoms with Gasteiger partial charge < -0.3 is 9.47 Å². The van der Waals surface area contributed by atoms with Crippen molar-refractivity contribution in [2.75, 3.05) is 6.61 Å². The van der Waals surface area contributed by atoms with Gasteiger partial charge in [-0.3, -0.25) is 0 Å². The van der Waals surface area contributed by atoms with E-state index in [-0.39, 0.29) is 5.60 Å². The van der Waals surface area contributed by atoms with Gasteiger partial charge in [0.15, 0.2) is 0 Å². The highest BCUT2D eigenvalue weighted by molar-refractivity contribution is 5.43. The Balaban J connectivity index is 2.37. The molecule has 0 unspecified atom stereocenters. The molecule has 88 valence electrons. The zero-order valence-corrected chi connectivity index (χ0v) is 10.6. The summed E-state index contributed by atoms with van der Waals surface area (Å²) in [6.45, 7) is 9.86. The third kappa shape index (κ3) is 2.22. The Morgan fingerprint density at radius 3 is 2.81 bits per heavy atom.